The molecule has 3 heterocycles. The van der Waals surface area contributed by atoms with Crippen LogP contribution in [0.15, 0.2) is 47.1 Å². The molecule has 10 heteroatoms. The normalized spacial score (nSPS) is 16.5. The summed E-state index contributed by atoms with van der Waals surface area (Å²) < 4.78 is 43.5. The molecule has 0 saturated carbocycles. The van der Waals surface area contributed by atoms with Crippen molar-refractivity contribution in [3.05, 3.63) is 70.5 Å². The van der Waals surface area contributed by atoms with Crippen LogP contribution in [0.2, 0.25) is 5.02 Å². The Hall–Kier alpha value is -2.65. The number of alkyl halides is 3. The number of piperazine rings is 1. The lowest BCUT2D eigenvalue weighted by atomic mass is 10.0. The van der Waals surface area contributed by atoms with Gasteiger partial charge in [0.1, 0.15) is 5.82 Å². The van der Waals surface area contributed by atoms with Gasteiger partial charge in [0.15, 0.2) is 5.82 Å². The van der Waals surface area contributed by atoms with Crippen molar-refractivity contribution < 1.29 is 17.7 Å². The second kappa shape index (κ2) is 8.84. The number of nitrogens with zero attached hydrogens (tertiary/aromatic N) is 5. The minimum atomic E-state index is -4.38. The lowest BCUT2D eigenvalue weighted by Crippen LogP contribution is -2.46. The quantitative estimate of drug-likeness (QED) is 0.564. The highest BCUT2D eigenvalue weighted by atomic mass is 35.5. The summed E-state index contributed by atoms with van der Waals surface area (Å²) in [6.45, 7) is 5.27. The van der Waals surface area contributed by atoms with Crippen molar-refractivity contribution in [2.24, 2.45) is 0 Å². The molecule has 164 valence electrons. The largest absolute Gasteiger partial charge is 0.417 e. The van der Waals surface area contributed by atoms with Gasteiger partial charge in [0.25, 0.3) is 0 Å². The van der Waals surface area contributed by atoms with E-state index in [0.717, 1.165) is 17.8 Å². The zero-order valence-electron chi connectivity index (χ0n) is 16.8. The Bertz CT molecular complexity index is 999. The van der Waals surface area contributed by atoms with Gasteiger partial charge in [-0.25, -0.2) is 4.98 Å². The minimum Gasteiger partial charge on any atom is -0.354 e. The number of aromatic nitrogens is 3. The zero-order valence-corrected chi connectivity index (χ0v) is 17.6. The van der Waals surface area contributed by atoms with E-state index in [1.807, 2.05) is 36.1 Å². The zero-order chi connectivity index (χ0) is 22.0. The maximum atomic E-state index is 12.7. The molecule has 1 fully saturated rings. The number of pyridine rings is 1. The number of hydrogen-bond acceptors (Lipinski definition) is 6. The van der Waals surface area contributed by atoms with Crippen molar-refractivity contribution >= 4 is 17.4 Å². The summed E-state index contributed by atoms with van der Waals surface area (Å²) in [5, 5.41) is 4.79. The first kappa shape index (κ1) is 21.6. The van der Waals surface area contributed by atoms with Gasteiger partial charge in [0, 0.05) is 43.3 Å². The van der Waals surface area contributed by atoms with Crippen LogP contribution in [-0.2, 0) is 12.7 Å². The molecule has 0 bridgehead atoms. The summed E-state index contributed by atoms with van der Waals surface area (Å²) in [7, 11) is 0. The van der Waals surface area contributed by atoms with Gasteiger partial charge < -0.3 is 9.42 Å². The molecule has 6 nitrogen and oxygen atoms in total. The van der Waals surface area contributed by atoms with Gasteiger partial charge in [-0.1, -0.05) is 35.8 Å². The summed E-state index contributed by atoms with van der Waals surface area (Å²) >= 11 is 5.94. The molecular weight excluding hydrogens is 431 g/mol. The fourth-order valence-corrected chi connectivity index (χ4v) is 3.60. The number of anilines is 1. The van der Waals surface area contributed by atoms with Crippen LogP contribution < -0.4 is 4.90 Å². The molecule has 4 rings (SSSR count). The molecular formula is C21H21ClF3N5O. The Balaban J connectivity index is 1.32. The maximum absolute atomic E-state index is 12.7. The van der Waals surface area contributed by atoms with E-state index in [0.29, 0.717) is 55.3 Å². The van der Waals surface area contributed by atoms with Crippen LogP contribution in [0.5, 0.6) is 0 Å². The van der Waals surface area contributed by atoms with Gasteiger partial charge in [-0.15, -0.1) is 0 Å². The topological polar surface area (TPSA) is 58.3 Å². The molecule has 31 heavy (non-hydrogen) atoms. The van der Waals surface area contributed by atoms with Gasteiger partial charge in [-0.2, -0.15) is 18.2 Å². The van der Waals surface area contributed by atoms with Crippen molar-refractivity contribution in [1.82, 2.24) is 20.0 Å². The second-order valence-corrected chi connectivity index (χ2v) is 7.92. The predicted octanol–water partition coefficient (Wildman–Crippen LogP) is 4.61. The third kappa shape index (κ3) is 5.16. The van der Waals surface area contributed by atoms with E-state index in [1.54, 1.807) is 0 Å². The molecule has 1 saturated heterocycles. The number of halogens is 4. The number of hydrogen-bond donors (Lipinski definition) is 0. The van der Waals surface area contributed by atoms with Gasteiger partial charge in [0.05, 0.1) is 12.1 Å². The molecule has 0 amide bonds. The maximum Gasteiger partial charge on any atom is 0.417 e. The smallest absolute Gasteiger partial charge is 0.354 e. The highest BCUT2D eigenvalue weighted by Gasteiger charge is 2.31. The molecule has 1 atom stereocenters. The Morgan fingerprint density at radius 1 is 1.06 bits per heavy atom. The average Bonchev–Trinajstić information content (AvgIpc) is 3.22. The summed E-state index contributed by atoms with van der Waals surface area (Å²) in [6.07, 6.45) is -3.50. The summed E-state index contributed by atoms with van der Waals surface area (Å²) in [5.41, 5.74) is 0.310. The van der Waals surface area contributed by atoms with E-state index in [1.165, 1.54) is 6.07 Å². The van der Waals surface area contributed by atoms with Crippen molar-refractivity contribution in [2.75, 3.05) is 31.1 Å². The van der Waals surface area contributed by atoms with Crippen LogP contribution in [0.4, 0.5) is 19.0 Å². The second-order valence-electron chi connectivity index (χ2n) is 7.49. The van der Waals surface area contributed by atoms with E-state index in [9.17, 15) is 13.2 Å². The Labute approximate surface area is 182 Å². The van der Waals surface area contributed by atoms with Crippen LogP contribution in [0.3, 0.4) is 0 Å². The Morgan fingerprint density at radius 2 is 1.77 bits per heavy atom. The highest BCUT2D eigenvalue weighted by Crippen LogP contribution is 2.29. The molecule has 0 N–H and O–H groups in total. The van der Waals surface area contributed by atoms with Gasteiger partial charge >= 0.3 is 6.18 Å². The fourth-order valence-electron chi connectivity index (χ4n) is 3.48. The molecule has 3 aromatic rings. The van der Waals surface area contributed by atoms with E-state index in [-0.39, 0.29) is 5.92 Å². The summed E-state index contributed by atoms with van der Waals surface area (Å²) in [5.74, 6) is 1.68. The van der Waals surface area contributed by atoms with Gasteiger partial charge in [-0.3, -0.25) is 4.90 Å². The van der Waals surface area contributed by atoms with Gasteiger partial charge in [-0.05, 0) is 29.8 Å². The third-order valence-corrected chi connectivity index (χ3v) is 5.62. The van der Waals surface area contributed by atoms with Crippen molar-refractivity contribution in [3.8, 4) is 0 Å². The Morgan fingerprint density at radius 3 is 2.39 bits per heavy atom. The molecule has 0 radical (unpaired) electrons. The van der Waals surface area contributed by atoms with Crippen LogP contribution in [0, 0.1) is 0 Å². The van der Waals surface area contributed by atoms with Crippen molar-refractivity contribution in [3.63, 3.8) is 0 Å². The van der Waals surface area contributed by atoms with Crippen LogP contribution in [-0.4, -0.2) is 46.2 Å². The third-order valence-electron chi connectivity index (χ3n) is 5.37. The van der Waals surface area contributed by atoms with Crippen LogP contribution in [0.1, 0.15) is 35.7 Å². The SMILES string of the molecule is CC(c1ccc(Cl)cc1)c1noc(CN2CCN(c3ccc(C(F)(F)F)cn3)CC2)n1. The minimum absolute atomic E-state index is 0.0163. The molecule has 1 aliphatic rings. The highest BCUT2D eigenvalue weighted by molar-refractivity contribution is 6.30. The van der Waals surface area contributed by atoms with Gasteiger partial charge in [0.2, 0.25) is 5.89 Å². The molecule has 0 aliphatic carbocycles. The van der Waals surface area contributed by atoms with E-state index >= 15 is 0 Å². The molecule has 1 aliphatic heterocycles. The first-order valence-electron chi connectivity index (χ1n) is 9.88. The monoisotopic (exact) mass is 451 g/mol. The summed E-state index contributed by atoms with van der Waals surface area (Å²) in [4.78, 5) is 12.6. The molecule has 1 aromatic carbocycles. The first-order chi connectivity index (χ1) is 14.8. The van der Waals surface area contributed by atoms with E-state index in [4.69, 9.17) is 16.1 Å². The molecule has 1 unspecified atom stereocenters. The van der Waals surface area contributed by atoms with Crippen molar-refractivity contribution in [1.29, 1.82) is 0 Å². The molecule has 0 spiro atoms. The molecule has 2 aromatic heterocycles. The van der Waals surface area contributed by atoms with Crippen LogP contribution in [0.25, 0.3) is 0 Å². The lowest BCUT2D eigenvalue weighted by molar-refractivity contribution is -0.137. The van der Waals surface area contributed by atoms with Crippen molar-refractivity contribution in [2.45, 2.75) is 25.6 Å². The van der Waals surface area contributed by atoms with Crippen LogP contribution >= 0.6 is 11.6 Å². The lowest BCUT2D eigenvalue weighted by Gasteiger charge is -2.34. The Kier molecular flexibility index (Phi) is 6.15. The predicted molar refractivity (Wildman–Crippen MR) is 110 cm³/mol. The fraction of sp³-hybridized carbons (Fsp3) is 0.381. The van der Waals surface area contributed by atoms with E-state index < -0.39 is 11.7 Å². The first-order valence-corrected chi connectivity index (χ1v) is 10.3. The number of benzene rings is 1. The average molecular weight is 452 g/mol. The standard InChI is InChI=1S/C21H21ClF3N5O/c1-14(15-2-5-17(22)6-3-15)20-27-19(31-28-20)13-29-8-10-30(11-9-29)18-7-4-16(12-26-18)21(23,24)25/h2-7,12,14H,8-11,13H2,1H3. The van der Waals surface area contributed by atoms with E-state index in [2.05, 4.69) is 20.0 Å². The summed E-state index contributed by atoms with van der Waals surface area (Å²) in [6, 6.07) is 10.0. The number of rotatable bonds is 5.